The molecule has 1 saturated heterocycles. The summed E-state index contributed by atoms with van der Waals surface area (Å²) >= 11 is 6.29. The molecule has 0 aliphatic carbocycles. The fourth-order valence-electron chi connectivity index (χ4n) is 3.28. The number of halogens is 1. The van der Waals surface area contributed by atoms with Gasteiger partial charge in [-0.1, -0.05) is 23.7 Å². The van der Waals surface area contributed by atoms with E-state index in [2.05, 4.69) is 22.9 Å². The summed E-state index contributed by atoms with van der Waals surface area (Å²) in [5, 5.41) is 2.02. The number of nitrogens with one attached hydrogen (secondary N) is 1. The molecule has 0 atom stereocenters. The third-order valence-electron chi connectivity index (χ3n) is 4.70. The van der Waals surface area contributed by atoms with Crippen molar-refractivity contribution >= 4 is 22.5 Å². The van der Waals surface area contributed by atoms with Gasteiger partial charge in [0.1, 0.15) is 0 Å². The molecule has 1 N–H and O–H groups in total. The monoisotopic (exact) mass is 336 g/mol. The van der Waals surface area contributed by atoms with Gasteiger partial charge in [0.2, 0.25) is 0 Å². The maximum absolute atomic E-state index is 6.29. The summed E-state index contributed by atoms with van der Waals surface area (Å²) in [5.74, 6) is 0. The topological polar surface area (TPSA) is 37.5 Å². The SMILES string of the molecule is COCCOC1CCN(Cc2[nH]c3c(Cl)cccc3c2C)CC1. The van der Waals surface area contributed by atoms with Gasteiger partial charge in [0.15, 0.2) is 0 Å². The lowest BCUT2D eigenvalue weighted by Crippen LogP contribution is -2.37. The second-order valence-corrected chi connectivity index (χ2v) is 6.64. The molecule has 1 aliphatic rings. The second kappa shape index (κ2) is 7.67. The zero-order chi connectivity index (χ0) is 16.2. The van der Waals surface area contributed by atoms with E-state index in [-0.39, 0.29) is 0 Å². The van der Waals surface area contributed by atoms with Crippen LogP contribution in [0.25, 0.3) is 10.9 Å². The molecule has 0 saturated carbocycles. The predicted molar refractivity (Wildman–Crippen MR) is 94.2 cm³/mol. The van der Waals surface area contributed by atoms with Gasteiger partial charge in [0.05, 0.1) is 29.9 Å². The Morgan fingerprint density at radius 3 is 2.74 bits per heavy atom. The smallest absolute Gasteiger partial charge is 0.0704 e. The number of aryl methyl sites for hydroxylation is 1. The van der Waals surface area contributed by atoms with Crippen molar-refractivity contribution in [1.29, 1.82) is 0 Å². The van der Waals surface area contributed by atoms with Crippen molar-refractivity contribution in [2.75, 3.05) is 33.4 Å². The summed E-state index contributed by atoms with van der Waals surface area (Å²) < 4.78 is 10.9. The van der Waals surface area contributed by atoms with E-state index >= 15 is 0 Å². The molecule has 1 aromatic heterocycles. The average molecular weight is 337 g/mol. The zero-order valence-corrected chi connectivity index (χ0v) is 14.7. The maximum atomic E-state index is 6.29. The average Bonchev–Trinajstić information content (AvgIpc) is 2.88. The van der Waals surface area contributed by atoms with Gasteiger partial charge in [0, 0.05) is 37.8 Å². The normalized spacial score (nSPS) is 17.2. The number of rotatable bonds is 6. The number of H-pyrrole nitrogens is 1. The first kappa shape index (κ1) is 16.8. The quantitative estimate of drug-likeness (QED) is 0.816. The van der Waals surface area contributed by atoms with Crippen LogP contribution in [0.4, 0.5) is 0 Å². The van der Waals surface area contributed by atoms with E-state index in [0.29, 0.717) is 19.3 Å². The van der Waals surface area contributed by atoms with Crippen molar-refractivity contribution in [3.63, 3.8) is 0 Å². The first-order chi connectivity index (χ1) is 11.2. The highest BCUT2D eigenvalue weighted by atomic mass is 35.5. The van der Waals surface area contributed by atoms with E-state index in [1.807, 2.05) is 12.1 Å². The molecule has 0 bridgehead atoms. The molecule has 0 unspecified atom stereocenters. The Balaban J connectivity index is 1.59. The van der Waals surface area contributed by atoms with Crippen molar-refractivity contribution < 1.29 is 9.47 Å². The Hall–Kier alpha value is -1.07. The molecular formula is C18H25ClN2O2. The first-order valence-electron chi connectivity index (χ1n) is 8.27. The summed E-state index contributed by atoms with van der Waals surface area (Å²) in [7, 11) is 1.71. The number of aromatic amines is 1. The van der Waals surface area contributed by atoms with Gasteiger partial charge in [0.25, 0.3) is 0 Å². The van der Waals surface area contributed by atoms with E-state index in [4.69, 9.17) is 21.1 Å². The fourth-order valence-corrected chi connectivity index (χ4v) is 3.51. The van der Waals surface area contributed by atoms with Crippen molar-refractivity contribution in [3.05, 3.63) is 34.5 Å². The number of piperidine rings is 1. The number of ether oxygens (including phenoxy) is 2. The Morgan fingerprint density at radius 1 is 1.26 bits per heavy atom. The van der Waals surface area contributed by atoms with E-state index < -0.39 is 0 Å². The molecule has 0 amide bonds. The molecule has 126 valence electrons. The van der Waals surface area contributed by atoms with Gasteiger partial charge < -0.3 is 14.5 Å². The van der Waals surface area contributed by atoms with Crippen LogP contribution in [-0.4, -0.2) is 49.4 Å². The fraction of sp³-hybridized carbons (Fsp3) is 0.556. The van der Waals surface area contributed by atoms with Crippen LogP contribution in [-0.2, 0) is 16.0 Å². The number of hydrogen-bond acceptors (Lipinski definition) is 3. The van der Waals surface area contributed by atoms with Crippen LogP contribution in [0.1, 0.15) is 24.1 Å². The molecule has 23 heavy (non-hydrogen) atoms. The van der Waals surface area contributed by atoms with Gasteiger partial charge in [-0.15, -0.1) is 0 Å². The molecule has 1 fully saturated rings. The third-order valence-corrected chi connectivity index (χ3v) is 5.02. The number of fused-ring (bicyclic) bond motifs is 1. The highest BCUT2D eigenvalue weighted by Crippen LogP contribution is 2.28. The van der Waals surface area contributed by atoms with Crippen LogP contribution in [0.3, 0.4) is 0 Å². The number of likely N-dealkylation sites (tertiary alicyclic amines) is 1. The summed E-state index contributed by atoms with van der Waals surface area (Å²) in [4.78, 5) is 6.00. The Labute approximate surface area is 142 Å². The summed E-state index contributed by atoms with van der Waals surface area (Å²) in [6, 6.07) is 6.08. The molecule has 0 radical (unpaired) electrons. The molecule has 4 nitrogen and oxygen atoms in total. The first-order valence-corrected chi connectivity index (χ1v) is 8.65. The lowest BCUT2D eigenvalue weighted by molar-refractivity contribution is -0.0159. The van der Waals surface area contributed by atoms with Gasteiger partial charge in [-0.3, -0.25) is 4.90 Å². The molecular weight excluding hydrogens is 312 g/mol. The molecule has 3 rings (SSSR count). The number of para-hydroxylation sites is 1. The molecule has 0 spiro atoms. The van der Waals surface area contributed by atoms with Crippen molar-refractivity contribution in [2.45, 2.75) is 32.4 Å². The van der Waals surface area contributed by atoms with E-state index in [1.54, 1.807) is 7.11 Å². The summed E-state index contributed by atoms with van der Waals surface area (Å²) in [6.45, 7) is 6.63. The van der Waals surface area contributed by atoms with E-state index in [9.17, 15) is 0 Å². The zero-order valence-electron chi connectivity index (χ0n) is 13.9. The highest BCUT2D eigenvalue weighted by Gasteiger charge is 2.21. The molecule has 2 aromatic rings. The Kier molecular flexibility index (Phi) is 5.59. The van der Waals surface area contributed by atoms with Crippen molar-refractivity contribution in [3.8, 4) is 0 Å². The van der Waals surface area contributed by atoms with E-state index in [0.717, 1.165) is 43.0 Å². The number of hydrogen-bond donors (Lipinski definition) is 1. The van der Waals surface area contributed by atoms with Crippen LogP contribution in [0.5, 0.6) is 0 Å². The van der Waals surface area contributed by atoms with Crippen molar-refractivity contribution in [1.82, 2.24) is 9.88 Å². The predicted octanol–water partition coefficient (Wildman–Crippen LogP) is 3.76. The highest BCUT2D eigenvalue weighted by molar-refractivity contribution is 6.35. The van der Waals surface area contributed by atoms with Gasteiger partial charge in [-0.05, 0) is 31.4 Å². The largest absolute Gasteiger partial charge is 0.382 e. The van der Waals surface area contributed by atoms with Crippen LogP contribution < -0.4 is 0 Å². The molecule has 2 heterocycles. The van der Waals surface area contributed by atoms with Gasteiger partial charge >= 0.3 is 0 Å². The Bertz CT molecular complexity index is 648. The van der Waals surface area contributed by atoms with Gasteiger partial charge in [-0.2, -0.15) is 0 Å². The second-order valence-electron chi connectivity index (χ2n) is 6.23. The number of benzene rings is 1. The third kappa shape index (κ3) is 3.89. The lowest BCUT2D eigenvalue weighted by atomic mass is 10.1. The standard InChI is InChI=1S/C18H25ClN2O2/c1-13-15-4-3-5-16(19)18(15)20-17(13)12-21-8-6-14(7-9-21)23-11-10-22-2/h3-5,14,20H,6-12H2,1-2H3. The van der Waals surface area contributed by atoms with Crippen LogP contribution in [0, 0.1) is 6.92 Å². The molecule has 1 aromatic carbocycles. The van der Waals surface area contributed by atoms with Gasteiger partial charge in [-0.25, -0.2) is 0 Å². The lowest BCUT2D eigenvalue weighted by Gasteiger charge is -2.31. The van der Waals surface area contributed by atoms with Crippen molar-refractivity contribution in [2.24, 2.45) is 0 Å². The molecule has 1 aliphatic heterocycles. The summed E-state index contributed by atoms with van der Waals surface area (Å²) in [6.07, 6.45) is 2.55. The molecule has 5 heteroatoms. The van der Waals surface area contributed by atoms with E-state index in [1.165, 1.54) is 16.6 Å². The minimum Gasteiger partial charge on any atom is -0.382 e. The van der Waals surface area contributed by atoms with Crippen LogP contribution >= 0.6 is 11.6 Å². The number of aromatic nitrogens is 1. The number of nitrogens with zero attached hydrogens (tertiary/aromatic N) is 1. The van der Waals surface area contributed by atoms with Crippen LogP contribution in [0.2, 0.25) is 5.02 Å². The Morgan fingerprint density at radius 2 is 2.04 bits per heavy atom. The summed E-state index contributed by atoms with van der Waals surface area (Å²) in [5.41, 5.74) is 3.63. The number of methoxy groups -OCH3 is 1. The minimum atomic E-state index is 0.375. The van der Waals surface area contributed by atoms with Crippen LogP contribution in [0.15, 0.2) is 18.2 Å². The minimum absolute atomic E-state index is 0.375. The maximum Gasteiger partial charge on any atom is 0.0704 e.